The van der Waals surface area contributed by atoms with E-state index in [4.69, 9.17) is 4.52 Å². The van der Waals surface area contributed by atoms with Gasteiger partial charge in [-0.1, -0.05) is 11.2 Å². The lowest BCUT2D eigenvalue weighted by Crippen LogP contribution is -2.24. The molecule has 0 fully saturated rings. The molecule has 3 aromatic heterocycles. The van der Waals surface area contributed by atoms with Crippen LogP contribution < -0.4 is 10.6 Å². The maximum absolute atomic E-state index is 13.3. The number of rotatable bonds is 6. The van der Waals surface area contributed by atoms with Crippen molar-refractivity contribution in [3.63, 3.8) is 0 Å². The fourth-order valence-corrected chi connectivity index (χ4v) is 3.53. The van der Waals surface area contributed by atoms with Gasteiger partial charge >= 0.3 is 6.18 Å². The van der Waals surface area contributed by atoms with Crippen molar-refractivity contribution >= 4 is 22.5 Å². The highest BCUT2D eigenvalue weighted by molar-refractivity contribution is 5.96. The van der Waals surface area contributed by atoms with Gasteiger partial charge < -0.3 is 19.7 Å². The van der Waals surface area contributed by atoms with Crippen molar-refractivity contribution in [1.29, 1.82) is 0 Å². The second-order valence-electron chi connectivity index (χ2n) is 8.76. The predicted molar refractivity (Wildman–Crippen MR) is 119 cm³/mol. The Morgan fingerprint density at radius 3 is 2.62 bits per heavy atom. The van der Waals surface area contributed by atoms with Crippen LogP contribution in [0.3, 0.4) is 0 Å². The van der Waals surface area contributed by atoms with Gasteiger partial charge in [0, 0.05) is 24.3 Å². The zero-order valence-corrected chi connectivity index (χ0v) is 19.1. The standard InChI is InChI=1S/C22H24F3N7O2/c1-21(2,3)32-11-13(9-28-32)20(33)27-10-18-29-19(30-34-18)17-8-14-15(26-4)6-5-7-16(14)31(17)12-22(23,24)25/h5-9,11,26H,10,12H2,1-4H3,(H,27,33). The molecule has 0 aliphatic rings. The minimum Gasteiger partial charge on any atom is -0.388 e. The van der Waals surface area contributed by atoms with E-state index in [2.05, 4.69) is 25.9 Å². The van der Waals surface area contributed by atoms with Crippen LogP contribution in [-0.2, 0) is 18.6 Å². The number of nitrogens with one attached hydrogen (secondary N) is 2. The van der Waals surface area contributed by atoms with E-state index in [1.165, 1.54) is 6.20 Å². The third-order valence-corrected chi connectivity index (χ3v) is 5.18. The van der Waals surface area contributed by atoms with E-state index in [0.29, 0.717) is 22.2 Å². The van der Waals surface area contributed by atoms with Gasteiger partial charge in [0.05, 0.1) is 35.1 Å². The Balaban J connectivity index is 1.58. The van der Waals surface area contributed by atoms with Crippen LogP contribution in [0.15, 0.2) is 41.2 Å². The number of fused-ring (bicyclic) bond motifs is 1. The van der Waals surface area contributed by atoms with E-state index in [1.807, 2.05) is 20.8 Å². The summed E-state index contributed by atoms with van der Waals surface area (Å²) < 4.78 is 47.9. The van der Waals surface area contributed by atoms with Gasteiger partial charge in [-0.05, 0) is 39.0 Å². The molecule has 12 heteroatoms. The van der Waals surface area contributed by atoms with Gasteiger partial charge in [-0.15, -0.1) is 0 Å². The molecule has 0 atom stereocenters. The fraction of sp³-hybridized carbons (Fsp3) is 0.364. The Labute approximate surface area is 192 Å². The van der Waals surface area contributed by atoms with Crippen molar-refractivity contribution < 1.29 is 22.5 Å². The van der Waals surface area contributed by atoms with Crippen LogP contribution in [0.4, 0.5) is 18.9 Å². The molecule has 9 nitrogen and oxygen atoms in total. The molecule has 0 radical (unpaired) electrons. The Morgan fingerprint density at radius 1 is 1.21 bits per heavy atom. The molecule has 34 heavy (non-hydrogen) atoms. The lowest BCUT2D eigenvalue weighted by Gasteiger charge is -2.18. The lowest BCUT2D eigenvalue weighted by molar-refractivity contribution is -0.139. The fourth-order valence-electron chi connectivity index (χ4n) is 3.53. The largest absolute Gasteiger partial charge is 0.406 e. The molecule has 180 valence electrons. The highest BCUT2D eigenvalue weighted by Crippen LogP contribution is 2.33. The number of amides is 1. The molecule has 0 unspecified atom stereocenters. The summed E-state index contributed by atoms with van der Waals surface area (Å²) in [5.41, 5.74) is 1.30. The third-order valence-electron chi connectivity index (χ3n) is 5.18. The van der Waals surface area contributed by atoms with E-state index in [-0.39, 0.29) is 35.4 Å². The van der Waals surface area contributed by atoms with Gasteiger partial charge in [0.2, 0.25) is 11.7 Å². The number of anilines is 1. The van der Waals surface area contributed by atoms with Crippen molar-refractivity contribution in [2.45, 2.75) is 45.6 Å². The average molecular weight is 475 g/mol. The number of nitrogens with zero attached hydrogens (tertiary/aromatic N) is 5. The summed E-state index contributed by atoms with van der Waals surface area (Å²) >= 11 is 0. The first-order chi connectivity index (χ1) is 16.0. The van der Waals surface area contributed by atoms with Crippen molar-refractivity contribution in [3.05, 3.63) is 48.1 Å². The molecular weight excluding hydrogens is 451 g/mol. The second-order valence-corrected chi connectivity index (χ2v) is 8.76. The smallest absolute Gasteiger partial charge is 0.388 e. The van der Waals surface area contributed by atoms with Crippen LogP contribution in [0.5, 0.6) is 0 Å². The predicted octanol–water partition coefficient (Wildman–Crippen LogP) is 4.18. The number of benzene rings is 1. The maximum atomic E-state index is 13.3. The first kappa shape index (κ1) is 23.3. The van der Waals surface area contributed by atoms with E-state index in [1.54, 1.807) is 42.2 Å². The number of alkyl halides is 3. The van der Waals surface area contributed by atoms with Crippen LogP contribution in [0.25, 0.3) is 22.4 Å². The summed E-state index contributed by atoms with van der Waals surface area (Å²) in [6.45, 7) is 4.57. The molecule has 4 aromatic rings. The quantitative estimate of drug-likeness (QED) is 0.434. The first-order valence-corrected chi connectivity index (χ1v) is 10.5. The summed E-state index contributed by atoms with van der Waals surface area (Å²) in [5.74, 6) is -0.336. The lowest BCUT2D eigenvalue weighted by atomic mass is 10.1. The first-order valence-electron chi connectivity index (χ1n) is 10.5. The molecular formula is C22H24F3N7O2. The molecule has 0 spiro atoms. The zero-order chi connectivity index (χ0) is 24.7. The Kier molecular flexibility index (Phi) is 5.84. The number of hydrogen-bond acceptors (Lipinski definition) is 6. The number of hydrogen-bond donors (Lipinski definition) is 2. The molecule has 0 bridgehead atoms. The molecule has 0 saturated carbocycles. The van der Waals surface area contributed by atoms with Crippen LogP contribution in [0, 0.1) is 0 Å². The SMILES string of the molecule is CNc1cccc2c1cc(-c1noc(CNC(=O)c3cnn(C(C)(C)C)c3)n1)n2CC(F)(F)F. The molecule has 3 heterocycles. The Bertz CT molecular complexity index is 1330. The molecule has 2 N–H and O–H groups in total. The second kappa shape index (κ2) is 8.50. The third kappa shape index (κ3) is 4.75. The van der Waals surface area contributed by atoms with E-state index in [9.17, 15) is 18.0 Å². The summed E-state index contributed by atoms with van der Waals surface area (Å²) in [7, 11) is 1.69. The van der Waals surface area contributed by atoms with E-state index >= 15 is 0 Å². The van der Waals surface area contributed by atoms with Crippen molar-refractivity contribution in [2.24, 2.45) is 0 Å². The zero-order valence-electron chi connectivity index (χ0n) is 19.1. The maximum Gasteiger partial charge on any atom is 0.406 e. The topological polar surface area (TPSA) is 103 Å². The highest BCUT2D eigenvalue weighted by atomic mass is 19.4. The summed E-state index contributed by atoms with van der Waals surface area (Å²) in [5, 5.41) is 14.3. The molecule has 0 aliphatic heterocycles. The van der Waals surface area contributed by atoms with Crippen molar-refractivity contribution in [1.82, 2.24) is 29.8 Å². The molecule has 0 aliphatic carbocycles. The van der Waals surface area contributed by atoms with Gasteiger partial charge in [0.15, 0.2) is 0 Å². The van der Waals surface area contributed by atoms with Gasteiger partial charge in [0.1, 0.15) is 6.54 Å². The molecule has 1 aromatic carbocycles. The number of halogens is 3. The number of carbonyl (C=O) groups is 1. The molecule has 4 rings (SSSR count). The Morgan fingerprint density at radius 2 is 1.97 bits per heavy atom. The summed E-state index contributed by atoms with van der Waals surface area (Å²) in [6.07, 6.45) is -1.37. The minimum absolute atomic E-state index is 0.00713. The van der Waals surface area contributed by atoms with Crippen LogP contribution >= 0.6 is 0 Å². The average Bonchev–Trinajstić information content (AvgIpc) is 3.49. The molecule has 0 saturated heterocycles. The van der Waals surface area contributed by atoms with Crippen LogP contribution in [0.2, 0.25) is 0 Å². The minimum atomic E-state index is -4.45. The van der Waals surface area contributed by atoms with Gasteiger partial charge in [-0.2, -0.15) is 23.3 Å². The van der Waals surface area contributed by atoms with Crippen LogP contribution in [-0.4, -0.2) is 43.6 Å². The van der Waals surface area contributed by atoms with Gasteiger partial charge in [-0.3, -0.25) is 9.48 Å². The van der Waals surface area contributed by atoms with Crippen molar-refractivity contribution in [3.8, 4) is 11.5 Å². The summed E-state index contributed by atoms with van der Waals surface area (Å²) in [6, 6.07) is 6.62. The van der Waals surface area contributed by atoms with Crippen molar-refractivity contribution in [2.75, 3.05) is 12.4 Å². The van der Waals surface area contributed by atoms with Crippen LogP contribution in [0.1, 0.15) is 37.0 Å². The highest BCUT2D eigenvalue weighted by Gasteiger charge is 2.31. The summed E-state index contributed by atoms with van der Waals surface area (Å²) in [4.78, 5) is 16.7. The Hall–Kier alpha value is -3.83. The normalized spacial score (nSPS) is 12.3. The van der Waals surface area contributed by atoms with Gasteiger partial charge in [0.25, 0.3) is 5.91 Å². The number of carbonyl (C=O) groups excluding carboxylic acids is 1. The van der Waals surface area contributed by atoms with Gasteiger partial charge in [-0.25, -0.2) is 0 Å². The monoisotopic (exact) mass is 475 g/mol. The van der Waals surface area contributed by atoms with E-state index in [0.717, 1.165) is 4.57 Å². The molecule has 1 amide bonds. The number of aromatic nitrogens is 5. The van der Waals surface area contributed by atoms with E-state index < -0.39 is 12.7 Å².